The smallest absolute Gasteiger partial charge is 0.351 e. The number of carbonyl (C=O) groups excluding carboxylic acids is 2. The minimum atomic E-state index is -1.22. The number of nitrogens with zero attached hydrogens (tertiary/aromatic N) is 2. The van der Waals surface area contributed by atoms with Crippen molar-refractivity contribution in [2.75, 3.05) is 31.3 Å². The second kappa shape index (κ2) is 13.8. The zero-order valence-electron chi connectivity index (χ0n) is 25.6. The topological polar surface area (TPSA) is 214 Å². The van der Waals surface area contributed by atoms with Gasteiger partial charge in [-0.2, -0.15) is 4.98 Å². The Bertz CT molecular complexity index is 1370. The van der Waals surface area contributed by atoms with Crippen LogP contribution in [0.25, 0.3) is 0 Å². The molecule has 0 aliphatic carbocycles. The van der Waals surface area contributed by atoms with Gasteiger partial charge in [-0.15, -0.1) is 0 Å². The van der Waals surface area contributed by atoms with E-state index in [1.807, 2.05) is 21.0 Å². The second-order valence-corrected chi connectivity index (χ2v) is 12.0. The highest BCUT2D eigenvalue weighted by Crippen LogP contribution is 2.31. The summed E-state index contributed by atoms with van der Waals surface area (Å²) in [6, 6.07) is 7.27. The number of aromatic nitrogens is 2. The molecule has 0 spiro atoms. The van der Waals surface area contributed by atoms with Crippen LogP contribution in [0.1, 0.15) is 50.2 Å². The van der Waals surface area contributed by atoms with Crippen molar-refractivity contribution in [2.24, 2.45) is 0 Å². The van der Waals surface area contributed by atoms with Gasteiger partial charge in [0, 0.05) is 24.4 Å². The molecule has 0 radical (unpaired) electrons. The van der Waals surface area contributed by atoms with Gasteiger partial charge in [0.15, 0.2) is 11.8 Å². The molecule has 9 atom stereocenters. The van der Waals surface area contributed by atoms with E-state index in [-0.39, 0.29) is 23.5 Å². The number of hydrogen-bond donors (Lipinski definition) is 7. The molecule has 242 valence electrons. The highest BCUT2D eigenvalue weighted by molar-refractivity contribution is 6.04. The van der Waals surface area contributed by atoms with Gasteiger partial charge in [0.05, 0.1) is 26.3 Å². The van der Waals surface area contributed by atoms with Crippen molar-refractivity contribution < 1.29 is 49.8 Å². The van der Waals surface area contributed by atoms with E-state index in [0.717, 1.165) is 4.90 Å². The van der Waals surface area contributed by atoms with Gasteiger partial charge in [-0.1, -0.05) is 0 Å². The van der Waals surface area contributed by atoms with Crippen LogP contribution in [0.15, 0.2) is 41.3 Å². The van der Waals surface area contributed by atoms with Gasteiger partial charge < -0.3 is 50.8 Å². The molecule has 15 nitrogen and oxygen atoms in total. The van der Waals surface area contributed by atoms with E-state index in [0.29, 0.717) is 18.5 Å². The number of quaternary nitrogens is 2. The van der Waals surface area contributed by atoms with Gasteiger partial charge in [-0.25, -0.2) is 4.79 Å². The molecule has 1 aromatic carbocycles. The summed E-state index contributed by atoms with van der Waals surface area (Å²) in [6.45, 7) is 4.72. The molecule has 1 aromatic heterocycles. The zero-order chi connectivity index (χ0) is 32.3. The summed E-state index contributed by atoms with van der Waals surface area (Å²) in [7, 11) is 3.78. The molecule has 0 unspecified atom stereocenters. The average Bonchev–Trinajstić information content (AvgIpc) is 2.97. The van der Waals surface area contributed by atoms with E-state index in [2.05, 4.69) is 21.4 Å². The average molecular weight is 621 g/mol. The Morgan fingerprint density at radius 1 is 1.09 bits per heavy atom. The Labute approximate surface area is 254 Å². The fourth-order valence-corrected chi connectivity index (χ4v) is 5.40. The quantitative estimate of drug-likeness (QED) is 0.156. The zero-order valence-corrected chi connectivity index (χ0v) is 25.6. The Morgan fingerprint density at radius 2 is 1.77 bits per heavy atom. The van der Waals surface area contributed by atoms with Crippen LogP contribution >= 0.6 is 0 Å². The molecular weight excluding hydrogens is 576 g/mol. The SMILES string of the molecule is C[C@H]1O[C@H](O[C@H]2CC[C@H](n3ccc(NC(=O)c4ccc(NC(=O)[C@@](C)([NH3+])CO)cc4)nc3=O)O[C@@H]2C)[C@H](O)[C@@H](O)[C@@H]1[NH+](C)C. The summed E-state index contributed by atoms with van der Waals surface area (Å²) in [5.74, 6) is -0.910. The van der Waals surface area contributed by atoms with Crippen LogP contribution in [0.4, 0.5) is 11.5 Å². The van der Waals surface area contributed by atoms with Gasteiger partial charge in [0.1, 0.15) is 43.0 Å². The second-order valence-electron chi connectivity index (χ2n) is 12.0. The first-order chi connectivity index (χ1) is 20.7. The first-order valence-electron chi connectivity index (χ1n) is 14.6. The number of amides is 2. The van der Waals surface area contributed by atoms with Gasteiger partial charge in [0.25, 0.3) is 11.8 Å². The molecule has 2 saturated heterocycles. The monoisotopic (exact) mass is 620 g/mol. The number of carbonyl (C=O) groups is 2. The molecule has 9 N–H and O–H groups in total. The number of aliphatic hydroxyl groups excluding tert-OH is 3. The number of hydrogen-bond acceptors (Lipinski definition) is 10. The van der Waals surface area contributed by atoms with Crippen LogP contribution in [0.5, 0.6) is 0 Å². The Hall–Kier alpha value is -3.28. The van der Waals surface area contributed by atoms with Gasteiger partial charge in [0.2, 0.25) is 0 Å². The standard InChI is InChI=1S/C29H42N6O9/c1-15-19(44-26-24(38)23(37)22(34(4)5)16(2)43-26)10-11-21(42-15)35-13-12-20(33-28(35)41)32-25(39)17-6-8-18(9-7-17)31-27(40)29(3,30)14-36/h6-9,12-13,15-16,19,21-24,26,36-38H,10-11,14,30H2,1-5H3,(H,31,40)(H,32,33,39,41)/p+2/t15-,16-,19+,21-,22-,23+,24-,26-,29+/m1/s1. The fraction of sp³-hybridized carbons (Fsp3) is 0.586. The van der Waals surface area contributed by atoms with E-state index in [4.69, 9.17) is 14.2 Å². The lowest BCUT2D eigenvalue weighted by Crippen LogP contribution is -3.14. The number of benzene rings is 1. The van der Waals surface area contributed by atoms with Crippen LogP contribution in [0.2, 0.25) is 0 Å². The van der Waals surface area contributed by atoms with Gasteiger partial charge in [-0.3, -0.25) is 14.2 Å². The van der Waals surface area contributed by atoms with Gasteiger partial charge in [-0.05, 0) is 57.0 Å². The molecule has 2 aliphatic rings. The minimum Gasteiger partial charge on any atom is -0.389 e. The molecule has 2 aliphatic heterocycles. The maximum Gasteiger partial charge on any atom is 0.351 e. The summed E-state index contributed by atoms with van der Waals surface area (Å²) in [5, 5.41) is 35.8. The van der Waals surface area contributed by atoms with Crippen molar-refractivity contribution >= 4 is 23.3 Å². The predicted molar refractivity (Wildman–Crippen MR) is 157 cm³/mol. The molecule has 2 aromatic rings. The van der Waals surface area contributed by atoms with E-state index in [1.165, 1.54) is 48.0 Å². The van der Waals surface area contributed by atoms with Crippen molar-refractivity contribution in [2.45, 2.75) is 88.2 Å². The van der Waals surface area contributed by atoms with Crippen molar-refractivity contribution in [1.82, 2.24) is 9.55 Å². The lowest BCUT2D eigenvalue weighted by Gasteiger charge is -2.44. The lowest BCUT2D eigenvalue weighted by atomic mass is 9.96. The van der Waals surface area contributed by atoms with E-state index in [9.17, 15) is 29.7 Å². The molecule has 0 saturated carbocycles. The minimum absolute atomic E-state index is 0.0587. The summed E-state index contributed by atoms with van der Waals surface area (Å²) in [5.41, 5.74) is 2.55. The van der Waals surface area contributed by atoms with Gasteiger partial charge >= 0.3 is 5.69 Å². The number of ether oxygens (including phenoxy) is 3. The largest absolute Gasteiger partial charge is 0.389 e. The molecule has 4 rings (SSSR count). The highest BCUT2D eigenvalue weighted by atomic mass is 16.7. The Kier molecular flexibility index (Phi) is 10.5. The third-order valence-electron chi connectivity index (χ3n) is 8.10. The summed E-state index contributed by atoms with van der Waals surface area (Å²) in [6.07, 6.45) is -2.68. The van der Waals surface area contributed by atoms with Crippen molar-refractivity contribution in [1.29, 1.82) is 0 Å². The van der Waals surface area contributed by atoms with Crippen molar-refractivity contribution in [3.8, 4) is 0 Å². The van der Waals surface area contributed by atoms with Crippen LogP contribution in [-0.2, 0) is 19.0 Å². The summed E-state index contributed by atoms with van der Waals surface area (Å²) >= 11 is 0. The summed E-state index contributed by atoms with van der Waals surface area (Å²) in [4.78, 5) is 42.7. The maximum absolute atomic E-state index is 12.9. The van der Waals surface area contributed by atoms with E-state index in [1.54, 1.807) is 6.92 Å². The van der Waals surface area contributed by atoms with Crippen LogP contribution in [-0.4, -0.2) is 106 Å². The fourth-order valence-electron chi connectivity index (χ4n) is 5.40. The lowest BCUT2D eigenvalue weighted by molar-refractivity contribution is -0.897. The number of aliphatic hydroxyl groups is 3. The molecular formula is C29H44N6O9+2. The molecule has 44 heavy (non-hydrogen) atoms. The normalized spacial score (nSPS) is 30.4. The number of anilines is 2. The number of rotatable bonds is 9. The first-order valence-corrected chi connectivity index (χ1v) is 14.6. The highest BCUT2D eigenvalue weighted by Gasteiger charge is 2.48. The number of likely N-dealkylation sites (N-methyl/N-ethyl adjacent to an activating group) is 1. The van der Waals surface area contributed by atoms with E-state index >= 15 is 0 Å². The summed E-state index contributed by atoms with van der Waals surface area (Å²) < 4.78 is 19.4. The third kappa shape index (κ3) is 7.50. The predicted octanol–water partition coefficient (Wildman–Crippen LogP) is -2.51. The number of nitrogens with one attached hydrogen (secondary N) is 3. The van der Waals surface area contributed by atoms with Crippen molar-refractivity contribution in [3.05, 3.63) is 52.6 Å². The van der Waals surface area contributed by atoms with E-state index < -0.39 is 66.6 Å². The molecule has 2 fully saturated rings. The van der Waals surface area contributed by atoms with Crippen molar-refractivity contribution in [3.63, 3.8) is 0 Å². The molecule has 2 amide bonds. The Balaban J connectivity index is 1.32. The first kappa shape index (κ1) is 33.6. The Morgan fingerprint density at radius 3 is 2.36 bits per heavy atom. The maximum atomic E-state index is 12.9. The molecule has 15 heteroatoms. The third-order valence-corrected chi connectivity index (χ3v) is 8.10. The molecule has 0 bridgehead atoms. The molecule has 3 heterocycles. The van der Waals surface area contributed by atoms with Crippen LogP contribution in [0.3, 0.4) is 0 Å². The van der Waals surface area contributed by atoms with Crippen LogP contribution in [0, 0.1) is 0 Å². The van der Waals surface area contributed by atoms with Crippen LogP contribution < -0.4 is 27.0 Å².